The fraction of sp³-hybridized carbons (Fsp3) is 0.462. The Balaban J connectivity index is 2.74. The fourth-order valence-electron chi connectivity index (χ4n) is 1.44. The zero-order chi connectivity index (χ0) is 14.5. The van der Waals surface area contributed by atoms with Crippen LogP contribution in [0.2, 0.25) is 0 Å². The Morgan fingerprint density at radius 3 is 2.26 bits per heavy atom. The Morgan fingerprint density at radius 2 is 1.79 bits per heavy atom. The highest BCUT2D eigenvalue weighted by Crippen LogP contribution is 2.11. The first-order valence-electron chi connectivity index (χ1n) is 6.27. The van der Waals surface area contributed by atoms with Gasteiger partial charge in [-0.05, 0) is 24.1 Å². The number of aryl methyl sites for hydroxylation is 1. The van der Waals surface area contributed by atoms with E-state index in [1.54, 1.807) is 26.0 Å². The van der Waals surface area contributed by atoms with Crippen molar-refractivity contribution in [2.24, 2.45) is 5.92 Å². The van der Waals surface area contributed by atoms with Crippen LogP contribution >= 0.6 is 0 Å². The third-order valence-corrected chi connectivity index (χ3v) is 3.87. The zero-order valence-corrected chi connectivity index (χ0v) is 12.3. The van der Waals surface area contributed by atoms with Gasteiger partial charge in [-0.2, -0.15) is 0 Å². The molecule has 0 unspecified atom stereocenters. The second-order valence-corrected chi connectivity index (χ2v) is 6.33. The van der Waals surface area contributed by atoms with Crippen LogP contribution in [0.3, 0.4) is 0 Å². The predicted molar refractivity (Wildman–Crippen MR) is 73.7 cm³/mol. The molecule has 1 rings (SSSR count). The Bertz CT molecular complexity index is 521. The highest BCUT2D eigenvalue weighted by Gasteiger charge is 2.15. The van der Waals surface area contributed by atoms with Crippen molar-refractivity contribution in [1.29, 1.82) is 0 Å². The number of hydrogen-bond acceptors (Lipinski definition) is 3. The molecule has 0 fully saturated rings. The van der Waals surface area contributed by atoms with E-state index in [9.17, 15) is 13.2 Å². The fourth-order valence-corrected chi connectivity index (χ4v) is 2.29. The van der Waals surface area contributed by atoms with E-state index in [1.807, 2.05) is 0 Å². The van der Waals surface area contributed by atoms with Crippen LogP contribution in [0.1, 0.15) is 32.8 Å². The summed E-state index contributed by atoms with van der Waals surface area (Å²) in [5.74, 6) is -0.652. The van der Waals surface area contributed by atoms with Gasteiger partial charge >= 0.3 is 0 Å². The van der Waals surface area contributed by atoms with Crippen molar-refractivity contribution in [3.63, 3.8) is 0 Å². The molecule has 6 heteroatoms. The Morgan fingerprint density at radius 1 is 1.21 bits per heavy atom. The molecule has 0 heterocycles. The second-order valence-electron chi connectivity index (χ2n) is 4.64. The molecule has 1 aromatic rings. The Kier molecular flexibility index (Phi) is 5.50. The standard InChI is InChI=1S/C13H20N2O3S/c1-4-5-11-6-8-12(9-7-11)19(17,18)15-14-13(16)10(2)3/h6-10,15H,4-5H2,1-3H3,(H,14,16). The lowest BCUT2D eigenvalue weighted by molar-refractivity contribution is -0.124. The first kappa shape index (κ1) is 15.7. The van der Waals surface area contributed by atoms with Gasteiger partial charge in [-0.1, -0.05) is 39.3 Å². The Hall–Kier alpha value is -1.40. The van der Waals surface area contributed by atoms with Gasteiger partial charge in [0.2, 0.25) is 5.91 Å². The maximum absolute atomic E-state index is 11.9. The number of hydrazine groups is 1. The molecule has 0 bridgehead atoms. The van der Waals surface area contributed by atoms with E-state index in [2.05, 4.69) is 17.2 Å². The SMILES string of the molecule is CCCc1ccc(S(=O)(=O)NNC(=O)C(C)C)cc1. The third-order valence-electron chi connectivity index (χ3n) is 2.61. The van der Waals surface area contributed by atoms with Crippen molar-refractivity contribution in [2.75, 3.05) is 0 Å². The number of sulfonamides is 1. The molecule has 1 aromatic carbocycles. The molecule has 0 atom stereocenters. The van der Waals surface area contributed by atoms with Gasteiger partial charge in [0.25, 0.3) is 10.0 Å². The number of hydrogen-bond donors (Lipinski definition) is 2. The lowest BCUT2D eigenvalue weighted by atomic mass is 10.1. The average molecular weight is 284 g/mol. The van der Waals surface area contributed by atoms with E-state index >= 15 is 0 Å². The van der Waals surface area contributed by atoms with Gasteiger partial charge in [-0.15, -0.1) is 4.83 Å². The average Bonchev–Trinajstić information content (AvgIpc) is 2.37. The minimum Gasteiger partial charge on any atom is -0.277 e. The van der Waals surface area contributed by atoms with Crippen LogP contribution in [0, 0.1) is 5.92 Å². The summed E-state index contributed by atoms with van der Waals surface area (Å²) in [7, 11) is -3.70. The molecular weight excluding hydrogens is 264 g/mol. The third kappa shape index (κ3) is 4.65. The van der Waals surface area contributed by atoms with E-state index in [1.165, 1.54) is 12.1 Å². The van der Waals surface area contributed by atoms with Crippen LogP contribution in [-0.2, 0) is 21.2 Å². The highest BCUT2D eigenvalue weighted by molar-refractivity contribution is 7.89. The van der Waals surface area contributed by atoms with Gasteiger partial charge in [0, 0.05) is 5.92 Å². The van der Waals surface area contributed by atoms with Gasteiger partial charge in [0.15, 0.2) is 0 Å². The number of nitrogens with one attached hydrogen (secondary N) is 2. The summed E-state index contributed by atoms with van der Waals surface area (Å²) in [4.78, 5) is 13.5. The monoisotopic (exact) mass is 284 g/mol. The number of benzene rings is 1. The van der Waals surface area contributed by atoms with Crippen molar-refractivity contribution in [3.8, 4) is 0 Å². The molecule has 0 aliphatic rings. The number of rotatable bonds is 6. The summed E-state index contributed by atoms with van der Waals surface area (Å²) in [6.07, 6.45) is 1.92. The summed E-state index contributed by atoms with van der Waals surface area (Å²) in [5.41, 5.74) is 3.27. The van der Waals surface area contributed by atoms with Crippen molar-refractivity contribution in [3.05, 3.63) is 29.8 Å². The van der Waals surface area contributed by atoms with Gasteiger partial charge in [0.05, 0.1) is 4.90 Å². The molecule has 0 radical (unpaired) electrons. The van der Waals surface area contributed by atoms with Crippen molar-refractivity contribution < 1.29 is 13.2 Å². The lowest BCUT2D eigenvalue weighted by Gasteiger charge is -2.10. The van der Waals surface area contributed by atoms with Crippen molar-refractivity contribution >= 4 is 15.9 Å². The summed E-state index contributed by atoms with van der Waals surface area (Å²) in [5, 5.41) is 0. The lowest BCUT2D eigenvalue weighted by Crippen LogP contribution is -2.43. The first-order chi connectivity index (χ1) is 8.86. The number of carbonyl (C=O) groups is 1. The highest BCUT2D eigenvalue weighted by atomic mass is 32.2. The topological polar surface area (TPSA) is 75.3 Å². The minimum atomic E-state index is -3.70. The number of carbonyl (C=O) groups excluding carboxylic acids is 1. The van der Waals surface area contributed by atoms with Crippen LogP contribution < -0.4 is 10.3 Å². The van der Waals surface area contributed by atoms with E-state index in [-0.39, 0.29) is 16.7 Å². The first-order valence-corrected chi connectivity index (χ1v) is 7.75. The molecule has 0 saturated carbocycles. The summed E-state index contributed by atoms with van der Waals surface area (Å²) >= 11 is 0. The molecule has 0 saturated heterocycles. The van der Waals surface area contributed by atoms with E-state index in [0.717, 1.165) is 18.4 Å². The number of amides is 1. The summed E-state index contributed by atoms with van der Waals surface area (Å²) < 4.78 is 23.8. The molecule has 0 aromatic heterocycles. The zero-order valence-electron chi connectivity index (χ0n) is 11.4. The van der Waals surface area contributed by atoms with Crippen LogP contribution in [-0.4, -0.2) is 14.3 Å². The summed E-state index contributed by atoms with van der Waals surface area (Å²) in [6, 6.07) is 6.63. The normalized spacial score (nSPS) is 11.6. The van der Waals surface area contributed by atoms with Gasteiger partial charge in [-0.25, -0.2) is 8.42 Å². The molecule has 0 aliphatic heterocycles. The molecule has 106 valence electrons. The quantitative estimate of drug-likeness (QED) is 0.779. The van der Waals surface area contributed by atoms with Crippen LogP contribution in [0.15, 0.2) is 29.2 Å². The summed E-state index contributed by atoms with van der Waals surface area (Å²) in [6.45, 7) is 5.43. The minimum absolute atomic E-state index is 0.136. The maximum atomic E-state index is 11.9. The van der Waals surface area contributed by atoms with Crippen molar-refractivity contribution in [2.45, 2.75) is 38.5 Å². The van der Waals surface area contributed by atoms with Gasteiger partial charge in [-0.3, -0.25) is 10.2 Å². The van der Waals surface area contributed by atoms with E-state index < -0.39 is 10.0 Å². The molecule has 2 N–H and O–H groups in total. The molecular formula is C13H20N2O3S. The maximum Gasteiger partial charge on any atom is 0.257 e. The van der Waals surface area contributed by atoms with Gasteiger partial charge < -0.3 is 0 Å². The second kappa shape index (κ2) is 6.68. The largest absolute Gasteiger partial charge is 0.277 e. The van der Waals surface area contributed by atoms with E-state index in [0.29, 0.717) is 0 Å². The Labute approximate surface area is 114 Å². The molecule has 19 heavy (non-hydrogen) atoms. The molecule has 0 aliphatic carbocycles. The van der Waals surface area contributed by atoms with Gasteiger partial charge in [0.1, 0.15) is 0 Å². The van der Waals surface area contributed by atoms with E-state index in [4.69, 9.17) is 0 Å². The van der Waals surface area contributed by atoms with Crippen LogP contribution in [0.25, 0.3) is 0 Å². The predicted octanol–water partition coefficient (Wildman–Crippen LogP) is 1.60. The van der Waals surface area contributed by atoms with Crippen LogP contribution in [0.5, 0.6) is 0 Å². The van der Waals surface area contributed by atoms with Crippen molar-refractivity contribution in [1.82, 2.24) is 10.3 Å². The smallest absolute Gasteiger partial charge is 0.257 e. The molecule has 5 nitrogen and oxygen atoms in total. The molecule has 1 amide bonds. The molecule has 0 spiro atoms. The van der Waals surface area contributed by atoms with Crippen LogP contribution in [0.4, 0.5) is 0 Å².